The molecule has 1 amide bonds. The number of piperidine rings is 1. The largest absolute Gasteiger partial charge is 0.392 e. The van der Waals surface area contributed by atoms with Gasteiger partial charge in [0.05, 0.1) is 12.5 Å². The van der Waals surface area contributed by atoms with Crippen molar-refractivity contribution in [2.75, 3.05) is 18.0 Å². The summed E-state index contributed by atoms with van der Waals surface area (Å²) in [5.74, 6) is -0.00706. The van der Waals surface area contributed by atoms with Crippen LogP contribution in [-0.4, -0.2) is 34.1 Å². The van der Waals surface area contributed by atoms with E-state index in [0.717, 1.165) is 19.4 Å². The molecule has 0 unspecified atom stereocenters. The third kappa shape index (κ3) is 4.30. The molecule has 1 fully saturated rings. The lowest BCUT2D eigenvalue weighted by Gasteiger charge is -2.31. The Balaban J connectivity index is 1.57. The van der Waals surface area contributed by atoms with Crippen molar-refractivity contribution in [3.05, 3.63) is 53.6 Å². The van der Waals surface area contributed by atoms with Gasteiger partial charge in [-0.2, -0.15) is 0 Å². The molecule has 2 heterocycles. The van der Waals surface area contributed by atoms with Gasteiger partial charge in [-0.15, -0.1) is 0 Å². The molecular formula is C18H21FN4O2. The zero-order valence-electron chi connectivity index (χ0n) is 13.9. The number of aliphatic hydroxyl groups is 1. The standard InChI is InChI=1S/C18H21FN4O2/c19-16-9-13(4-5-15(16)12-24)10-22-17(25)14-3-1-8-23(11-14)18-20-6-2-7-21-18/h2,4-7,9,14,24H,1,3,8,10-12H2,(H,22,25)/t14-/m1/s1. The van der Waals surface area contributed by atoms with Crippen molar-refractivity contribution in [3.8, 4) is 0 Å². The van der Waals surface area contributed by atoms with Crippen LogP contribution in [0.5, 0.6) is 0 Å². The van der Waals surface area contributed by atoms with Crippen molar-refractivity contribution >= 4 is 11.9 Å². The highest BCUT2D eigenvalue weighted by molar-refractivity contribution is 5.79. The molecule has 0 bridgehead atoms. The second-order valence-corrected chi connectivity index (χ2v) is 6.14. The van der Waals surface area contributed by atoms with Crippen LogP contribution in [0.4, 0.5) is 10.3 Å². The summed E-state index contributed by atoms with van der Waals surface area (Å²) in [5.41, 5.74) is 0.919. The molecule has 1 aromatic heterocycles. The smallest absolute Gasteiger partial charge is 0.225 e. The van der Waals surface area contributed by atoms with E-state index in [9.17, 15) is 9.18 Å². The zero-order chi connectivity index (χ0) is 17.6. The maximum Gasteiger partial charge on any atom is 0.225 e. The van der Waals surface area contributed by atoms with E-state index in [1.165, 1.54) is 12.1 Å². The van der Waals surface area contributed by atoms with Crippen LogP contribution in [0.1, 0.15) is 24.0 Å². The number of amides is 1. The third-order valence-corrected chi connectivity index (χ3v) is 4.38. The molecule has 1 aromatic carbocycles. The fourth-order valence-corrected chi connectivity index (χ4v) is 2.99. The van der Waals surface area contributed by atoms with E-state index in [1.54, 1.807) is 24.5 Å². The van der Waals surface area contributed by atoms with Crippen LogP contribution < -0.4 is 10.2 Å². The van der Waals surface area contributed by atoms with Gasteiger partial charge < -0.3 is 15.3 Å². The monoisotopic (exact) mass is 344 g/mol. The molecule has 25 heavy (non-hydrogen) atoms. The lowest BCUT2D eigenvalue weighted by Crippen LogP contribution is -2.43. The Bertz CT molecular complexity index is 726. The molecule has 0 aliphatic carbocycles. The Morgan fingerprint density at radius 3 is 2.88 bits per heavy atom. The van der Waals surface area contributed by atoms with Gasteiger partial charge in [-0.25, -0.2) is 14.4 Å². The Hall–Kier alpha value is -2.54. The van der Waals surface area contributed by atoms with E-state index in [1.807, 2.05) is 4.90 Å². The van der Waals surface area contributed by atoms with Crippen LogP contribution in [0.2, 0.25) is 0 Å². The Morgan fingerprint density at radius 2 is 2.16 bits per heavy atom. The van der Waals surface area contributed by atoms with Crippen molar-refractivity contribution in [2.24, 2.45) is 5.92 Å². The first-order valence-electron chi connectivity index (χ1n) is 8.35. The van der Waals surface area contributed by atoms with E-state index in [4.69, 9.17) is 5.11 Å². The average Bonchev–Trinajstić information content (AvgIpc) is 2.67. The molecule has 2 aromatic rings. The fraction of sp³-hybridized carbons (Fsp3) is 0.389. The van der Waals surface area contributed by atoms with Gasteiger partial charge in [-0.3, -0.25) is 4.79 Å². The number of hydrogen-bond acceptors (Lipinski definition) is 5. The quantitative estimate of drug-likeness (QED) is 0.862. The number of nitrogens with one attached hydrogen (secondary N) is 1. The second kappa shape index (κ2) is 8.02. The summed E-state index contributed by atoms with van der Waals surface area (Å²) in [6.45, 7) is 1.34. The van der Waals surface area contributed by atoms with Gasteiger partial charge in [-0.1, -0.05) is 12.1 Å². The van der Waals surface area contributed by atoms with Gasteiger partial charge in [0, 0.05) is 37.6 Å². The SMILES string of the molecule is O=C(NCc1ccc(CO)c(F)c1)[C@@H]1CCCN(c2ncccn2)C1. The number of nitrogens with zero attached hydrogens (tertiary/aromatic N) is 3. The molecule has 0 spiro atoms. The van der Waals surface area contributed by atoms with E-state index < -0.39 is 5.82 Å². The topological polar surface area (TPSA) is 78.4 Å². The number of halogens is 1. The minimum absolute atomic E-state index is 0.0488. The number of hydrogen-bond donors (Lipinski definition) is 2. The first kappa shape index (κ1) is 17.3. The van der Waals surface area contributed by atoms with Crippen LogP contribution in [0.3, 0.4) is 0 Å². The molecule has 2 N–H and O–H groups in total. The summed E-state index contributed by atoms with van der Waals surface area (Å²) in [6, 6.07) is 6.35. The molecule has 1 aliphatic rings. The van der Waals surface area contributed by atoms with E-state index in [-0.39, 0.29) is 30.5 Å². The highest BCUT2D eigenvalue weighted by atomic mass is 19.1. The van der Waals surface area contributed by atoms with E-state index >= 15 is 0 Å². The van der Waals surface area contributed by atoms with Gasteiger partial charge in [-0.05, 0) is 30.5 Å². The molecule has 0 radical (unpaired) electrons. The van der Waals surface area contributed by atoms with Crippen molar-refractivity contribution in [1.29, 1.82) is 0 Å². The molecule has 1 atom stereocenters. The highest BCUT2D eigenvalue weighted by Crippen LogP contribution is 2.20. The van der Waals surface area contributed by atoms with Gasteiger partial charge in [0.2, 0.25) is 11.9 Å². The average molecular weight is 344 g/mol. The Labute approximate surface area is 145 Å². The van der Waals surface area contributed by atoms with E-state index in [0.29, 0.717) is 18.1 Å². The number of aliphatic hydroxyl groups excluding tert-OH is 1. The van der Waals surface area contributed by atoms with Gasteiger partial charge in [0.25, 0.3) is 0 Å². The van der Waals surface area contributed by atoms with Crippen LogP contribution in [0.25, 0.3) is 0 Å². The second-order valence-electron chi connectivity index (χ2n) is 6.14. The number of carbonyl (C=O) groups is 1. The predicted octanol–water partition coefficient (Wildman–Crippen LogP) is 1.64. The first-order chi connectivity index (χ1) is 12.2. The van der Waals surface area contributed by atoms with E-state index in [2.05, 4.69) is 15.3 Å². The molecule has 3 rings (SSSR count). The molecule has 7 heteroatoms. The van der Waals surface area contributed by atoms with Crippen LogP contribution in [-0.2, 0) is 17.9 Å². The van der Waals surface area contributed by atoms with Gasteiger partial charge in [0.1, 0.15) is 5.82 Å². The van der Waals surface area contributed by atoms with Crippen molar-refractivity contribution in [3.63, 3.8) is 0 Å². The maximum atomic E-state index is 13.7. The number of carbonyl (C=O) groups excluding carboxylic acids is 1. The van der Waals surface area contributed by atoms with Gasteiger partial charge in [0.15, 0.2) is 0 Å². The molecule has 6 nitrogen and oxygen atoms in total. The summed E-state index contributed by atoms with van der Waals surface area (Å²) < 4.78 is 13.7. The van der Waals surface area contributed by atoms with Crippen molar-refractivity contribution in [1.82, 2.24) is 15.3 Å². The summed E-state index contributed by atoms with van der Waals surface area (Å²) in [7, 11) is 0. The molecule has 1 saturated heterocycles. The summed E-state index contributed by atoms with van der Waals surface area (Å²) in [5, 5.41) is 11.9. The zero-order valence-corrected chi connectivity index (χ0v) is 13.9. The third-order valence-electron chi connectivity index (χ3n) is 4.38. The maximum absolute atomic E-state index is 13.7. The molecule has 0 saturated carbocycles. The lowest BCUT2D eigenvalue weighted by molar-refractivity contribution is -0.125. The van der Waals surface area contributed by atoms with Crippen LogP contribution in [0.15, 0.2) is 36.7 Å². The summed E-state index contributed by atoms with van der Waals surface area (Å²) in [6.07, 6.45) is 5.09. The minimum Gasteiger partial charge on any atom is -0.392 e. The number of benzene rings is 1. The number of anilines is 1. The Morgan fingerprint density at radius 1 is 1.36 bits per heavy atom. The molecular weight excluding hydrogens is 323 g/mol. The van der Waals surface area contributed by atoms with Gasteiger partial charge >= 0.3 is 0 Å². The normalized spacial score (nSPS) is 17.4. The Kier molecular flexibility index (Phi) is 5.55. The van der Waals surface area contributed by atoms with Crippen LogP contribution >= 0.6 is 0 Å². The van der Waals surface area contributed by atoms with Crippen molar-refractivity contribution < 1.29 is 14.3 Å². The van der Waals surface area contributed by atoms with Crippen molar-refractivity contribution in [2.45, 2.75) is 26.0 Å². The highest BCUT2D eigenvalue weighted by Gasteiger charge is 2.26. The summed E-state index contributed by atoms with van der Waals surface area (Å²) >= 11 is 0. The number of rotatable bonds is 5. The summed E-state index contributed by atoms with van der Waals surface area (Å²) in [4.78, 5) is 22.9. The first-order valence-corrected chi connectivity index (χ1v) is 8.35. The predicted molar refractivity (Wildman–Crippen MR) is 91.1 cm³/mol. The number of aromatic nitrogens is 2. The fourth-order valence-electron chi connectivity index (χ4n) is 2.99. The molecule has 1 aliphatic heterocycles. The minimum atomic E-state index is -0.459. The lowest BCUT2D eigenvalue weighted by atomic mass is 9.97. The molecule has 132 valence electrons. The van der Waals surface area contributed by atoms with Crippen LogP contribution in [0, 0.1) is 11.7 Å².